The van der Waals surface area contributed by atoms with E-state index in [4.69, 9.17) is 31.0 Å². The second-order valence-electron chi connectivity index (χ2n) is 6.34. The van der Waals surface area contributed by atoms with Crippen LogP contribution in [0.4, 0.5) is 0 Å². The van der Waals surface area contributed by atoms with E-state index in [2.05, 4.69) is 10.0 Å². The van der Waals surface area contributed by atoms with Crippen LogP contribution in [0.2, 0.25) is 0 Å². The number of hydrogen-bond donors (Lipinski definition) is 5. The normalized spacial score (nSPS) is 30.9. The maximum absolute atomic E-state index is 12.3. The van der Waals surface area contributed by atoms with E-state index in [1.54, 1.807) is 16.4 Å². The first kappa shape index (κ1) is 25.4. The van der Waals surface area contributed by atoms with E-state index in [-0.39, 0.29) is 12.6 Å². The molecule has 8 atom stereocenters. The fraction of sp³-hybridized carbons (Fsp3) is 0.867. The Hall–Kier alpha value is -0.620. The number of hydroxylamine groups is 1. The van der Waals surface area contributed by atoms with E-state index >= 15 is 0 Å². The summed E-state index contributed by atoms with van der Waals surface area (Å²) < 4.78 is 14.9. The molecule has 1 aliphatic heterocycles. The predicted molar refractivity (Wildman–Crippen MR) is 97.7 cm³/mol. The zero-order chi connectivity index (χ0) is 21.5. The molecule has 5 N–H and O–H groups in total. The Labute approximate surface area is 169 Å². The van der Waals surface area contributed by atoms with Crippen LogP contribution in [0.15, 0.2) is 0 Å². The minimum Gasteiger partial charge on any atom is -0.450 e. The SMILES string of the molecule is CCC(C)NOC(=O)C(Cl)(CCOC1O[C@H](CO)[C@@H](O)[C@H](O)[C@H]1O)C(=O)OP. The predicted octanol–water partition coefficient (Wildman–Crippen LogP) is -1.65. The van der Waals surface area contributed by atoms with E-state index < -0.39 is 60.5 Å². The van der Waals surface area contributed by atoms with Crippen molar-refractivity contribution in [2.75, 3.05) is 13.2 Å². The zero-order valence-corrected chi connectivity index (χ0v) is 17.4. The Morgan fingerprint density at radius 2 is 1.89 bits per heavy atom. The summed E-state index contributed by atoms with van der Waals surface area (Å²) in [6, 6.07) is -0.178. The highest BCUT2D eigenvalue weighted by molar-refractivity contribution is 7.11. The van der Waals surface area contributed by atoms with Gasteiger partial charge in [-0.15, -0.1) is 0 Å². The van der Waals surface area contributed by atoms with Gasteiger partial charge < -0.3 is 39.3 Å². The molecule has 1 fully saturated rings. The molecule has 0 radical (unpaired) electrons. The minimum atomic E-state index is -2.24. The van der Waals surface area contributed by atoms with Crippen LogP contribution in [-0.4, -0.2) is 87.2 Å². The molecule has 0 amide bonds. The first-order valence-electron chi connectivity index (χ1n) is 8.61. The second kappa shape index (κ2) is 11.5. The lowest BCUT2D eigenvalue weighted by atomic mass is 9.99. The largest absolute Gasteiger partial charge is 0.450 e. The summed E-state index contributed by atoms with van der Waals surface area (Å²) in [5.41, 5.74) is 2.44. The van der Waals surface area contributed by atoms with Gasteiger partial charge in [-0.2, -0.15) is 5.48 Å². The van der Waals surface area contributed by atoms with Crippen molar-refractivity contribution in [2.45, 2.75) is 68.3 Å². The maximum atomic E-state index is 12.3. The molecule has 1 saturated heterocycles. The van der Waals surface area contributed by atoms with Gasteiger partial charge in [-0.3, -0.25) is 0 Å². The van der Waals surface area contributed by atoms with E-state index in [0.717, 1.165) is 0 Å². The lowest BCUT2D eigenvalue weighted by Crippen LogP contribution is -2.59. The third-order valence-corrected chi connectivity index (χ3v) is 5.01. The molecule has 0 aromatic carbocycles. The van der Waals surface area contributed by atoms with E-state index in [1.165, 1.54) is 0 Å². The smallest absolute Gasteiger partial charge is 0.357 e. The Morgan fingerprint density at radius 3 is 2.43 bits per heavy atom. The van der Waals surface area contributed by atoms with Crippen LogP contribution in [0.3, 0.4) is 0 Å². The van der Waals surface area contributed by atoms with Gasteiger partial charge in [-0.25, -0.2) is 9.59 Å². The average molecular weight is 448 g/mol. The Morgan fingerprint density at radius 1 is 1.25 bits per heavy atom. The van der Waals surface area contributed by atoms with Crippen LogP contribution < -0.4 is 5.48 Å². The first-order valence-corrected chi connectivity index (χ1v) is 9.46. The number of aliphatic hydroxyl groups excluding tert-OH is 4. The van der Waals surface area contributed by atoms with Gasteiger partial charge in [0.2, 0.25) is 4.87 Å². The van der Waals surface area contributed by atoms with Crippen LogP contribution in [-0.2, 0) is 28.4 Å². The van der Waals surface area contributed by atoms with Crippen molar-refractivity contribution < 1.29 is 48.9 Å². The van der Waals surface area contributed by atoms with Crippen LogP contribution in [0.25, 0.3) is 0 Å². The summed E-state index contributed by atoms with van der Waals surface area (Å²) in [7, 11) is 1.68. The molecule has 0 saturated carbocycles. The van der Waals surface area contributed by atoms with E-state index in [0.29, 0.717) is 6.42 Å². The quantitative estimate of drug-likeness (QED) is 0.113. The number of carbonyl (C=O) groups excluding carboxylic acids is 2. The molecule has 0 aliphatic carbocycles. The third-order valence-electron chi connectivity index (χ3n) is 4.30. The van der Waals surface area contributed by atoms with Crippen LogP contribution in [0.1, 0.15) is 26.7 Å². The highest BCUT2D eigenvalue weighted by Gasteiger charge is 2.49. The molecular weight excluding hydrogens is 421 g/mol. The van der Waals surface area contributed by atoms with Crippen LogP contribution >= 0.6 is 21.1 Å². The molecule has 11 nitrogen and oxygen atoms in total. The number of ether oxygens (including phenoxy) is 2. The summed E-state index contributed by atoms with van der Waals surface area (Å²) in [6.07, 6.45) is -7.16. The van der Waals surface area contributed by atoms with Crippen molar-refractivity contribution in [3.8, 4) is 0 Å². The molecule has 0 aromatic rings. The lowest BCUT2D eigenvalue weighted by molar-refractivity contribution is -0.301. The number of hydrogen-bond acceptors (Lipinski definition) is 11. The zero-order valence-electron chi connectivity index (χ0n) is 15.5. The van der Waals surface area contributed by atoms with Gasteiger partial charge in [0, 0.05) is 12.5 Å². The summed E-state index contributed by atoms with van der Waals surface area (Å²) in [5.74, 6) is -2.22. The lowest BCUT2D eigenvalue weighted by Gasteiger charge is -2.39. The Balaban J connectivity index is 2.72. The molecule has 13 heteroatoms. The second-order valence-corrected chi connectivity index (χ2v) is 7.22. The van der Waals surface area contributed by atoms with Gasteiger partial charge in [0.25, 0.3) is 0 Å². The van der Waals surface area contributed by atoms with E-state index in [9.17, 15) is 24.9 Å². The van der Waals surface area contributed by atoms with Crippen molar-refractivity contribution >= 4 is 33.0 Å². The number of halogens is 1. The van der Waals surface area contributed by atoms with Crippen molar-refractivity contribution in [1.82, 2.24) is 5.48 Å². The van der Waals surface area contributed by atoms with Gasteiger partial charge >= 0.3 is 11.9 Å². The summed E-state index contributed by atoms with van der Waals surface area (Å²) in [6.45, 7) is 2.59. The minimum absolute atomic E-state index is 0.178. The van der Waals surface area contributed by atoms with Crippen LogP contribution in [0.5, 0.6) is 0 Å². The Kier molecular flexibility index (Phi) is 10.5. The van der Waals surface area contributed by atoms with Crippen molar-refractivity contribution in [1.29, 1.82) is 0 Å². The highest BCUT2D eigenvalue weighted by atomic mass is 35.5. The van der Waals surface area contributed by atoms with Gasteiger partial charge in [0.05, 0.1) is 22.7 Å². The fourth-order valence-corrected chi connectivity index (χ4v) is 2.66. The molecular formula is C15H27ClNO10P. The van der Waals surface area contributed by atoms with Gasteiger partial charge in [-0.05, 0) is 13.3 Å². The molecule has 0 bridgehead atoms. The number of nitrogens with one attached hydrogen (secondary N) is 1. The fourth-order valence-electron chi connectivity index (χ4n) is 2.22. The van der Waals surface area contributed by atoms with Gasteiger partial charge in [-0.1, -0.05) is 18.5 Å². The molecule has 28 heavy (non-hydrogen) atoms. The van der Waals surface area contributed by atoms with Crippen LogP contribution in [0, 0.1) is 0 Å². The van der Waals surface area contributed by atoms with Crippen molar-refractivity contribution in [2.24, 2.45) is 0 Å². The summed E-state index contributed by atoms with van der Waals surface area (Å²) in [5, 5.41) is 38.5. The molecule has 1 heterocycles. The van der Waals surface area contributed by atoms with Crippen molar-refractivity contribution in [3.05, 3.63) is 0 Å². The van der Waals surface area contributed by atoms with Crippen molar-refractivity contribution in [3.63, 3.8) is 0 Å². The Bertz CT molecular complexity index is 527. The molecule has 164 valence electrons. The number of alkyl halides is 1. The summed E-state index contributed by atoms with van der Waals surface area (Å²) >= 11 is 6.11. The summed E-state index contributed by atoms with van der Waals surface area (Å²) in [4.78, 5) is 26.8. The number of carbonyl (C=O) groups is 2. The molecule has 0 aromatic heterocycles. The average Bonchev–Trinajstić information content (AvgIpc) is 2.70. The standard InChI is InChI=1S/C15H27ClNO10P/c1-3-7(2)17-26-13(22)15(16,14(23)27-28)4-5-24-12-11(21)10(20)9(19)8(6-18)25-12/h7-12,17-21H,3-6,28H2,1-2H3/t7?,8-,9-,10+,11-,12?,15?/m1/s1. The third kappa shape index (κ3) is 6.19. The van der Waals surface area contributed by atoms with Gasteiger partial charge in [0.15, 0.2) is 6.29 Å². The molecule has 4 unspecified atom stereocenters. The molecule has 1 rings (SSSR count). The molecule has 0 spiro atoms. The number of rotatable bonds is 10. The topological polar surface area (TPSA) is 164 Å². The molecule has 1 aliphatic rings. The first-order chi connectivity index (χ1) is 13.1. The van der Waals surface area contributed by atoms with E-state index in [1.807, 2.05) is 6.92 Å². The highest BCUT2D eigenvalue weighted by Crippen LogP contribution is 2.27. The maximum Gasteiger partial charge on any atom is 0.357 e. The monoisotopic (exact) mass is 447 g/mol. The number of aliphatic hydroxyl groups is 4. The van der Waals surface area contributed by atoms with Gasteiger partial charge in [0.1, 0.15) is 24.4 Å².